The van der Waals surface area contributed by atoms with Gasteiger partial charge in [0.05, 0.1) is 42.1 Å². The Morgan fingerprint density at radius 3 is 2.33 bits per heavy atom. The van der Waals surface area contributed by atoms with Crippen molar-refractivity contribution in [3.8, 4) is 33.5 Å². The second-order valence-electron chi connectivity index (χ2n) is 16.6. The number of likely N-dealkylation sites (tertiary alicyclic amines) is 1. The summed E-state index contributed by atoms with van der Waals surface area (Å²) in [6.45, 7) is 4.35. The van der Waals surface area contributed by atoms with Gasteiger partial charge >= 0.3 is 6.09 Å². The Bertz CT molecular complexity index is 2350. The molecule has 13 heteroatoms. The summed E-state index contributed by atoms with van der Waals surface area (Å²) in [7, 11) is 1.28. The zero-order valence-corrected chi connectivity index (χ0v) is 31.7. The van der Waals surface area contributed by atoms with Crippen LogP contribution in [0.1, 0.15) is 87.2 Å². The van der Waals surface area contributed by atoms with E-state index < -0.39 is 18.1 Å². The van der Waals surface area contributed by atoms with E-state index >= 15 is 8.78 Å². The van der Waals surface area contributed by atoms with Gasteiger partial charge in [0.2, 0.25) is 5.91 Å². The van der Waals surface area contributed by atoms with E-state index in [1.807, 2.05) is 49.1 Å². The largest absolute Gasteiger partial charge is 0.453 e. The fourth-order valence-corrected chi connectivity index (χ4v) is 9.69. The number of methoxy groups -OCH3 is 1. The Balaban J connectivity index is 0.00000397. The molecule has 4 heterocycles. The van der Waals surface area contributed by atoms with E-state index in [4.69, 9.17) is 14.7 Å². The molecule has 5 aromatic rings. The molecule has 2 saturated carbocycles. The van der Waals surface area contributed by atoms with Crippen LogP contribution in [0.5, 0.6) is 0 Å². The van der Waals surface area contributed by atoms with Gasteiger partial charge in [0.15, 0.2) is 0 Å². The smallest absolute Gasteiger partial charge is 0.407 e. The predicted octanol–water partition coefficient (Wildman–Crippen LogP) is 8.41. The van der Waals surface area contributed by atoms with Crippen LogP contribution < -0.4 is 10.6 Å². The number of carbonyl (C=O) groups excluding carboxylic acids is 2. The monoisotopic (exact) mass is 767 g/mol. The van der Waals surface area contributed by atoms with Crippen LogP contribution in [0.3, 0.4) is 0 Å². The van der Waals surface area contributed by atoms with Crippen LogP contribution in [0.15, 0.2) is 60.8 Å². The lowest BCUT2D eigenvalue weighted by atomic mass is 9.98. The summed E-state index contributed by atoms with van der Waals surface area (Å²) in [5.74, 6) is -1.37. The Kier molecular flexibility index (Phi) is 8.40. The van der Waals surface area contributed by atoms with Gasteiger partial charge in [-0.1, -0.05) is 44.2 Å². The molecule has 55 heavy (non-hydrogen) atoms. The molecule has 2 saturated heterocycles. The average molecular weight is 768 g/mol. The minimum absolute atomic E-state index is 0. The topological polar surface area (TPSA) is 128 Å². The highest BCUT2D eigenvalue weighted by atomic mass is 35.5. The number of ether oxygens (including phenoxy) is 1. The lowest BCUT2D eigenvalue weighted by Gasteiger charge is -2.30. The number of amides is 2. The van der Waals surface area contributed by atoms with Gasteiger partial charge in [-0.15, -0.1) is 12.4 Å². The van der Waals surface area contributed by atoms with Crippen molar-refractivity contribution in [2.45, 2.75) is 82.5 Å². The van der Waals surface area contributed by atoms with Crippen molar-refractivity contribution >= 4 is 35.4 Å². The first-order chi connectivity index (χ1) is 26.0. The van der Waals surface area contributed by atoms with E-state index in [-0.39, 0.29) is 52.9 Å². The van der Waals surface area contributed by atoms with Crippen molar-refractivity contribution in [2.24, 2.45) is 17.3 Å². The highest BCUT2D eigenvalue weighted by molar-refractivity contribution is 5.88. The average Bonchev–Trinajstić information content (AvgIpc) is 3.83. The van der Waals surface area contributed by atoms with Crippen molar-refractivity contribution in [3.05, 3.63) is 83.6 Å². The molecule has 1 spiro atoms. The van der Waals surface area contributed by atoms with Gasteiger partial charge in [-0.3, -0.25) is 4.79 Å². The first-order valence-electron chi connectivity index (χ1n) is 19.1. The van der Waals surface area contributed by atoms with Crippen molar-refractivity contribution < 1.29 is 23.1 Å². The number of alkyl halides is 2. The number of aromatic amines is 2. The first-order valence-corrected chi connectivity index (χ1v) is 19.1. The first kappa shape index (κ1) is 35.9. The van der Waals surface area contributed by atoms with E-state index in [1.165, 1.54) is 26.4 Å². The van der Waals surface area contributed by atoms with E-state index in [1.54, 1.807) is 30.5 Å². The Morgan fingerprint density at radius 1 is 0.945 bits per heavy atom. The second kappa shape index (κ2) is 12.9. The van der Waals surface area contributed by atoms with E-state index in [0.717, 1.165) is 47.2 Å². The standard InChI is InChI=1S/C42H43F2N7O3.ClH/c1-21(2)35(50-40(53)54-3)39(52)51-20-41(12-13-41)18-34(51)37-45-19-33(49-37)24-6-10-28-27-9-5-22(15-29(27)42(43,44)30(28)16-24)23-7-11-31-32(17-23)48-38(47-31)36-25-4-8-26(14-25)46-36;/h5-7,9-11,15-17,19,21,25-26,34-36,46H,4,8,12-14,18,20H2,1-3H3,(H,45,49)(H,47,48)(H,50,53);1H. The van der Waals surface area contributed by atoms with E-state index in [2.05, 4.69) is 20.6 Å². The molecule has 5 atom stereocenters. The van der Waals surface area contributed by atoms with Crippen molar-refractivity contribution in [1.82, 2.24) is 35.5 Å². The normalized spacial score (nSPS) is 24.2. The number of fused-ring (bicyclic) bond motifs is 6. The van der Waals surface area contributed by atoms with E-state index in [9.17, 15) is 9.59 Å². The molecule has 10 nitrogen and oxygen atoms in total. The highest BCUT2D eigenvalue weighted by Gasteiger charge is 2.55. The zero-order chi connectivity index (χ0) is 37.1. The molecule has 4 fully saturated rings. The van der Waals surface area contributed by atoms with Gasteiger partial charge in [-0.05, 0) is 102 Å². The van der Waals surface area contributed by atoms with Gasteiger partial charge in [0.25, 0.3) is 5.92 Å². The molecule has 2 aromatic heterocycles. The maximum atomic E-state index is 16.4. The number of imidazole rings is 2. The third-order valence-electron chi connectivity index (χ3n) is 12.9. The molecule has 0 radical (unpaired) electrons. The molecular formula is C42H44ClF2N7O3. The Labute approximate surface area is 323 Å². The molecule has 3 aromatic carbocycles. The molecule has 5 aliphatic rings. The van der Waals surface area contributed by atoms with Crippen LogP contribution in [-0.2, 0) is 15.5 Å². The van der Waals surface area contributed by atoms with Crippen molar-refractivity contribution in [1.29, 1.82) is 0 Å². The fourth-order valence-electron chi connectivity index (χ4n) is 9.69. The summed E-state index contributed by atoms with van der Waals surface area (Å²) < 4.78 is 37.7. The van der Waals surface area contributed by atoms with Gasteiger partial charge in [-0.2, -0.15) is 8.78 Å². The summed E-state index contributed by atoms with van der Waals surface area (Å²) >= 11 is 0. The Morgan fingerprint density at radius 2 is 1.65 bits per heavy atom. The van der Waals surface area contributed by atoms with Crippen LogP contribution in [-0.4, -0.2) is 62.6 Å². The van der Waals surface area contributed by atoms with Crippen molar-refractivity contribution in [3.63, 3.8) is 0 Å². The minimum atomic E-state index is -3.20. The Hall–Kier alpha value is -4.81. The summed E-state index contributed by atoms with van der Waals surface area (Å²) in [5.41, 5.74) is 5.58. The maximum absolute atomic E-state index is 16.4. The highest BCUT2D eigenvalue weighted by Crippen LogP contribution is 2.59. The quantitative estimate of drug-likeness (QED) is 0.132. The number of piperidine rings is 1. The van der Waals surface area contributed by atoms with Crippen LogP contribution in [0.2, 0.25) is 0 Å². The number of aromatic nitrogens is 4. The number of carbonyl (C=O) groups is 2. The number of nitrogens with one attached hydrogen (secondary N) is 4. The number of nitrogens with zero attached hydrogens (tertiary/aromatic N) is 3. The van der Waals surface area contributed by atoms with Crippen LogP contribution in [0.4, 0.5) is 13.6 Å². The van der Waals surface area contributed by atoms with Gasteiger partial charge in [0.1, 0.15) is 17.7 Å². The molecule has 286 valence electrons. The summed E-state index contributed by atoms with van der Waals surface area (Å²) in [5, 5.41) is 6.41. The van der Waals surface area contributed by atoms with E-state index in [0.29, 0.717) is 46.7 Å². The number of benzene rings is 3. The van der Waals surface area contributed by atoms with Gasteiger partial charge in [0, 0.05) is 29.3 Å². The molecule has 3 aliphatic carbocycles. The SMILES string of the molecule is COC(=O)NC(C(=O)N1CC2(CC2)CC1c1ncc(-c2ccc3c(c2)C(F)(F)c2cc(-c4ccc5nc(C6NC7CCC6C7)[nH]c5c4)ccc2-3)[nH]1)C(C)C.Cl. The lowest BCUT2D eigenvalue weighted by molar-refractivity contribution is -0.135. The molecule has 2 bridgehead atoms. The molecule has 10 rings (SSSR count). The number of rotatable bonds is 7. The second-order valence-corrected chi connectivity index (χ2v) is 16.6. The molecule has 2 amide bonds. The number of alkyl carbamates (subject to hydrolysis) is 1. The summed E-state index contributed by atoms with van der Waals surface area (Å²) in [6.07, 6.45) is 7.46. The van der Waals surface area contributed by atoms with Crippen LogP contribution in [0.25, 0.3) is 44.5 Å². The minimum Gasteiger partial charge on any atom is -0.453 e. The summed E-state index contributed by atoms with van der Waals surface area (Å²) in [6, 6.07) is 16.2. The molecule has 4 N–H and O–H groups in total. The fraction of sp³-hybridized carbons (Fsp3) is 0.429. The number of hydrogen-bond donors (Lipinski definition) is 4. The lowest BCUT2D eigenvalue weighted by Crippen LogP contribution is -2.51. The van der Waals surface area contributed by atoms with Gasteiger partial charge in [-0.25, -0.2) is 14.8 Å². The molecule has 5 unspecified atom stereocenters. The third-order valence-corrected chi connectivity index (χ3v) is 12.9. The summed E-state index contributed by atoms with van der Waals surface area (Å²) in [4.78, 5) is 44.3. The number of H-pyrrole nitrogens is 2. The third kappa shape index (κ3) is 5.82. The van der Waals surface area contributed by atoms with Gasteiger partial charge < -0.3 is 30.2 Å². The van der Waals surface area contributed by atoms with Crippen LogP contribution in [0, 0.1) is 17.3 Å². The number of hydrogen-bond acceptors (Lipinski definition) is 6. The number of halogens is 3. The zero-order valence-electron chi connectivity index (χ0n) is 30.9. The molecular weight excluding hydrogens is 724 g/mol. The maximum Gasteiger partial charge on any atom is 0.407 e. The van der Waals surface area contributed by atoms with Crippen molar-refractivity contribution in [2.75, 3.05) is 13.7 Å². The van der Waals surface area contributed by atoms with Crippen LogP contribution >= 0.6 is 12.4 Å². The molecule has 2 aliphatic heterocycles. The predicted molar refractivity (Wildman–Crippen MR) is 207 cm³/mol.